The molecule has 0 aromatic heterocycles. The standard InChI is InChI=1S/C19H29ClN4O5/c1-11(25)15(9-22)23-19(28)17(12(2)26)24-18(27)16(7-8-21)29-10-13-3-5-14(20)6-4-13/h3-6,12,15-17,26H,7-10,21-22H2,1-2H3,(H,23,28)(H,24,27)/t12?,15-,16-,17-/m0/s1. The van der Waals surface area contributed by atoms with Crippen LogP contribution in [0, 0.1) is 0 Å². The van der Waals surface area contributed by atoms with Crippen LogP contribution < -0.4 is 22.1 Å². The minimum absolute atomic E-state index is 0.0957. The van der Waals surface area contributed by atoms with Crippen molar-refractivity contribution >= 4 is 29.2 Å². The molecule has 0 aliphatic rings. The van der Waals surface area contributed by atoms with Gasteiger partial charge in [0.25, 0.3) is 0 Å². The predicted octanol–water partition coefficient (Wildman–Crippen LogP) is -0.528. The molecule has 162 valence electrons. The summed E-state index contributed by atoms with van der Waals surface area (Å²) in [4.78, 5) is 36.5. The second-order valence-corrected chi connectivity index (χ2v) is 7.07. The van der Waals surface area contributed by atoms with Gasteiger partial charge < -0.3 is 31.9 Å². The summed E-state index contributed by atoms with van der Waals surface area (Å²) in [5, 5.41) is 15.4. The van der Waals surface area contributed by atoms with Crippen molar-refractivity contribution in [1.29, 1.82) is 0 Å². The fraction of sp³-hybridized carbons (Fsp3) is 0.526. The number of halogens is 1. The highest BCUT2D eigenvalue weighted by molar-refractivity contribution is 6.30. The molecule has 2 amide bonds. The molecule has 4 atom stereocenters. The van der Waals surface area contributed by atoms with E-state index in [2.05, 4.69) is 10.6 Å². The molecular weight excluding hydrogens is 400 g/mol. The number of hydrogen-bond donors (Lipinski definition) is 5. The number of nitrogens with two attached hydrogens (primary N) is 2. The van der Waals surface area contributed by atoms with Crippen LogP contribution in [0.25, 0.3) is 0 Å². The number of amides is 2. The highest BCUT2D eigenvalue weighted by atomic mass is 35.5. The van der Waals surface area contributed by atoms with Gasteiger partial charge in [-0.25, -0.2) is 0 Å². The van der Waals surface area contributed by atoms with Crippen LogP contribution in [0.3, 0.4) is 0 Å². The number of Topliss-reactive ketones (excluding diaryl/α,β-unsaturated/α-hetero) is 1. The maximum absolute atomic E-state index is 12.6. The molecule has 0 saturated heterocycles. The highest BCUT2D eigenvalue weighted by Crippen LogP contribution is 2.12. The maximum atomic E-state index is 12.6. The van der Waals surface area contributed by atoms with E-state index >= 15 is 0 Å². The van der Waals surface area contributed by atoms with E-state index in [4.69, 9.17) is 27.8 Å². The van der Waals surface area contributed by atoms with Crippen LogP contribution in [-0.4, -0.2) is 60.1 Å². The SMILES string of the molecule is CC(=O)[C@H](CN)NC(=O)[C@@H](NC(=O)[C@H](CCN)OCc1ccc(Cl)cc1)C(C)O. The lowest BCUT2D eigenvalue weighted by atomic mass is 10.1. The maximum Gasteiger partial charge on any atom is 0.249 e. The Morgan fingerprint density at radius 1 is 1.14 bits per heavy atom. The van der Waals surface area contributed by atoms with Gasteiger partial charge >= 0.3 is 0 Å². The minimum atomic E-state index is -1.28. The molecule has 1 unspecified atom stereocenters. The number of aliphatic hydroxyl groups is 1. The molecule has 10 heteroatoms. The summed E-state index contributed by atoms with van der Waals surface area (Å²) < 4.78 is 5.65. The summed E-state index contributed by atoms with van der Waals surface area (Å²) >= 11 is 5.85. The lowest BCUT2D eigenvalue weighted by Crippen LogP contribution is -2.58. The Kier molecular flexibility index (Phi) is 10.8. The van der Waals surface area contributed by atoms with Crippen LogP contribution in [0.2, 0.25) is 5.02 Å². The number of hydrogen-bond acceptors (Lipinski definition) is 7. The molecule has 0 aliphatic heterocycles. The van der Waals surface area contributed by atoms with E-state index in [1.807, 2.05) is 0 Å². The quantitative estimate of drug-likeness (QED) is 0.299. The Hall–Kier alpha value is -2.04. The predicted molar refractivity (Wildman–Crippen MR) is 109 cm³/mol. The van der Waals surface area contributed by atoms with Crippen LogP contribution in [-0.2, 0) is 25.7 Å². The van der Waals surface area contributed by atoms with Gasteiger partial charge in [-0.2, -0.15) is 0 Å². The molecule has 0 heterocycles. The van der Waals surface area contributed by atoms with Gasteiger partial charge in [-0.1, -0.05) is 23.7 Å². The van der Waals surface area contributed by atoms with Crippen LogP contribution in [0.5, 0.6) is 0 Å². The van der Waals surface area contributed by atoms with E-state index in [1.165, 1.54) is 13.8 Å². The van der Waals surface area contributed by atoms with E-state index in [1.54, 1.807) is 24.3 Å². The molecule has 0 bridgehead atoms. The smallest absolute Gasteiger partial charge is 0.249 e. The fourth-order valence-electron chi connectivity index (χ4n) is 2.46. The van der Waals surface area contributed by atoms with Gasteiger partial charge in [0.05, 0.1) is 18.8 Å². The molecule has 1 rings (SSSR count). The van der Waals surface area contributed by atoms with Crippen molar-refractivity contribution in [3.8, 4) is 0 Å². The van der Waals surface area contributed by atoms with E-state index in [0.29, 0.717) is 5.02 Å². The molecule has 1 aromatic carbocycles. The molecule has 0 saturated carbocycles. The van der Waals surface area contributed by atoms with E-state index in [9.17, 15) is 19.5 Å². The van der Waals surface area contributed by atoms with Crippen molar-refractivity contribution in [3.63, 3.8) is 0 Å². The normalized spacial score (nSPS) is 15.1. The molecule has 0 aliphatic carbocycles. The molecule has 0 spiro atoms. The number of carbonyl (C=O) groups excluding carboxylic acids is 3. The van der Waals surface area contributed by atoms with Gasteiger partial charge in [-0.3, -0.25) is 14.4 Å². The molecular formula is C19H29ClN4O5. The molecule has 29 heavy (non-hydrogen) atoms. The Labute approximate surface area is 175 Å². The van der Waals surface area contributed by atoms with Crippen molar-refractivity contribution in [2.75, 3.05) is 13.1 Å². The van der Waals surface area contributed by atoms with Gasteiger partial charge in [-0.15, -0.1) is 0 Å². The molecule has 1 aromatic rings. The van der Waals surface area contributed by atoms with Crippen LogP contribution >= 0.6 is 11.6 Å². The zero-order valence-corrected chi connectivity index (χ0v) is 17.3. The van der Waals surface area contributed by atoms with Gasteiger partial charge in [0.2, 0.25) is 11.8 Å². The van der Waals surface area contributed by atoms with Crippen molar-refractivity contribution < 1.29 is 24.2 Å². The zero-order chi connectivity index (χ0) is 22.0. The highest BCUT2D eigenvalue weighted by Gasteiger charge is 2.30. The van der Waals surface area contributed by atoms with E-state index in [0.717, 1.165) is 5.56 Å². The molecule has 7 N–H and O–H groups in total. The average molecular weight is 429 g/mol. The van der Waals surface area contributed by atoms with Crippen LogP contribution in [0.1, 0.15) is 25.8 Å². The second-order valence-electron chi connectivity index (χ2n) is 6.64. The lowest BCUT2D eigenvalue weighted by molar-refractivity contribution is -0.140. The van der Waals surface area contributed by atoms with E-state index < -0.39 is 36.1 Å². The monoisotopic (exact) mass is 428 g/mol. The third-order valence-electron chi connectivity index (χ3n) is 4.19. The summed E-state index contributed by atoms with van der Waals surface area (Å²) in [5.74, 6) is -1.65. The number of carbonyl (C=O) groups is 3. The van der Waals surface area contributed by atoms with Crippen molar-refractivity contribution in [3.05, 3.63) is 34.9 Å². The number of nitrogens with one attached hydrogen (secondary N) is 2. The largest absolute Gasteiger partial charge is 0.391 e. The number of aliphatic hydroxyl groups excluding tert-OH is 1. The topological polar surface area (TPSA) is 157 Å². The van der Waals surface area contributed by atoms with Gasteiger partial charge in [0.1, 0.15) is 12.1 Å². The summed E-state index contributed by atoms with van der Waals surface area (Å²) in [6.07, 6.45) is -1.92. The second kappa shape index (κ2) is 12.5. The summed E-state index contributed by atoms with van der Waals surface area (Å²) in [6.45, 7) is 2.86. The first-order chi connectivity index (χ1) is 13.7. The van der Waals surface area contributed by atoms with E-state index in [-0.39, 0.29) is 31.9 Å². The molecule has 9 nitrogen and oxygen atoms in total. The number of benzene rings is 1. The number of ether oxygens (including phenoxy) is 1. The average Bonchev–Trinajstić information content (AvgIpc) is 2.67. The first-order valence-electron chi connectivity index (χ1n) is 9.25. The number of rotatable bonds is 12. The van der Waals surface area contributed by atoms with Gasteiger partial charge in [-0.05, 0) is 44.5 Å². The van der Waals surface area contributed by atoms with Crippen molar-refractivity contribution in [2.24, 2.45) is 11.5 Å². The molecule has 0 fully saturated rings. The first kappa shape index (κ1) is 25.0. The third kappa shape index (κ3) is 8.46. The summed E-state index contributed by atoms with van der Waals surface area (Å²) in [6, 6.07) is 4.75. The molecule has 0 radical (unpaired) electrons. The Bertz CT molecular complexity index is 684. The summed E-state index contributed by atoms with van der Waals surface area (Å²) in [7, 11) is 0. The van der Waals surface area contributed by atoms with Crippen LogP contribution in [0.4, 0.5) is 0 Å². The van der Waals surface area contributed by atoms with Crippen molar-refractivity contribution in [2.45, 2.75) is 51.2 Å². The van der Waals surface area contributed by atoms with Gasteiger partial charge in [0.15, 0.2) is 5.78 Å². The Balaban J connectivity index is 2.78. The van der Waals surface area contributed by atoms with Crippen molar-refractivity contribution in [1.82, 2.24) is 10.6 Å². The third-order valence-corrected chi connectivity index (χ3v) is 4.44. The fourth-order valence-corrected chi connectivity index (χ4v) is 2.58. The summed E-state index contributed by atoms with van der Waals surface area (Å²) in [5.41, 5.74) is 11.8. The van der Waals surface area contributed by atoms with Crippen LogP contribution in [0.15, 0.2) is 24.3 Å². The lowest BCUT2D eigenvalue weighted by Gasteiger charge is -2.25. The zero-order valence-electron chi connectivity index (χ0n) is 16.6. The van der Waals surface area contributed by atoms with Gasteiger partial charge in [0, 0.05) is 11.6 Å². The Morgan fingerprint density at radius 3 is 2.24 bits per heavy atom. The Morgan fingerprint density at radius 2 is 1.76 bits per heavy atom. The number of ketones is 1. The first-order valence-corrected chi connectivity index (χ1v) is 9.62. The minimum Gasteiger partial charge on any atom is -0.391 e.